The summed E-state index contributed by atoms with van der Waals surface area (Å²) in [6.07, 6.45) is -0.718. The summed E-state index contributed by atoms with van der Waals surface area (Å²) >= 11 is 0. The number of esters is 1. The highest BCUT2D eigenvalue weighted by atomic mass is 16.5. The van der Waals surface area contributed by atoms with Crippen molar-refractivity contribution in [3.8, 4) is 0 Å². The predicted molar refractivity (Wildman–Crippen MR) is 64.7 cm³/mol. The predicted octanol–water partition coefficient (Wildman–Crippen LogP) is 0.832. The van der Waals surface area contributed by atoms with Gasteiger partial charge < -0.3 is 19.7 Å². The Bertz CT molecular complexity index is 370. The molecule has 0 aromatic heterocycles. The normalized spacial score (nSPS) is 11.7. The molecule has 0 aliphatic heterocycles. The monoisotopic (exact) mass is 274 g/mol. The smallest absolute Gasteiger partial charge is 0.332 e. The van der Waals surface area contributed by atoms with Crippen molar-refractivity contribution in [3.05, 3.63) is 11.1 Å². The molecule has 0 rings (SSSR count). The molecule has 0 aliphatic carbocycles. The van der Waals surface area contributed by atoms with E-state index in [0.29, 0.717) is 0 Å². The van der Waals surface area contributed by atoms with Gasteiger partial charge in [-0.25, -0.2) is 4.79 Å². The van der Waals surface area contributed by atoms with Crippen LogP contribution in [0.15, 0.2) is 11.1 Å². The fraction of sp³-hybridized carbons (Fsp3) is 0.583. The van der Waals surface area contributed by atoms with Gasteiger partial charge >= 0.3 is 17.9 Å². The first-order valence-corrected chi connectivity index (χ1v) is 5.72. The van der Waals surface area contributed by atoms with Gasteiger partial charge in [0.15, 0.2) is 0 Å². The van der Waals surface area contributed by atoms with E-state index in [0.717, 1.165) is 0 Å². The molecule has 0 aromatic carbocycles. The first-order chi connectivity index (χ1) is 8.92. The second-order valence-corrected chi connectivity index (χ2v) is 3.68. The van der Waals surface area contributed by atoms with E-state index in [9.17, 15) is 14.4 Å². The molecule has 0 saturated heterocycles. The molecular formula is C12H18O7. The molecule has 19 heavy (non-hydrogen) atoms. The van der Waals surface area contributed by atoms with E-state index in [1.807, 2.05) is 0 Å². The minimum atomic E-state index is -1.35. The number of rotatable bonds is 9. The number of ether oxygens (including phenoxy) is 2. The van der Waals surface area contributed by atoms with Gasteiger partial charge in [-0.05, 0) is 18.9 Å². The Morgan fingerprint density at radius 2 is 1.74 bits per heavy atom. The molecule has 0 fully saturated rings. The molecule has 0 spiro atoms. The molecule has 108 valence electrons. The maximum atomic E-state index is 11.4. The number of carbonyl (C=O) groups is 3. The summed E-state index contributed by atoms with van der Waals surface area (Å²) in [7, 11) is 1.43. The number of carboxylic acids is 2. The van der Waals surface area contributed by atoms with Gasteiger partial charge in [0.05, 0.1) is 19.4 Å². The zero-order valence-corrected chi connectivity index (χ0v) is 11.0. The largest absolute Gasteiger partial charge is 0.481 e. The lowest BCUT2D eigenvalue weighted by Gasteiger charge is -2.11. The maximum Gasteiger partial charge on any atom is 0.332 e. The van der Waals surface area contributed by atoms with Crippen molar-refractivity contribution in [1.82, 2.24) is 0 Å². The van der Waals surface area contributed by atoms with E-state index in [4.69, 9.17) is 19.7 Å². The topological polar surface area (TPSA) is 110 Å². The molecule has 2 N–H and O–H groups in total. The molecule has 7 nitrogen and oxygen atoms in total. The molecule has 0 aliphatic rings. The highest BCUT2D eigenvalue weighted by Gasteiger charge is 2.20. The van der Waals surface area contributed by atoms with Gasteiger partial charge in [0, 0.05) is 19.3 Å². The average molecular weight is 274 g/mol. The lowest BCUT2D eigenvalue weighted by atomic mass is 9.99. The van der Waals surface area contributed by atoms with Crippen LogP contribution in [0.25, 0.3) is 0 Å². The van der Waals surface area contributed by atoms with Crippen LogP contribution in [0.1, 0.15) is 26.2 Å². The van der Waals surface area contributed by atoms with Crippen molar-refractivity contribution in [3.63, 3.8) is 0 Å². The average Bonchev–Trinajstić information content (AvgIpc) is 2.31. The quantitative estimate of drug-likeness (QED) is 0.473. The van der Waals surface area contributed by atoms with Crippen LogP contribution in [0.5, 0.6) is 0 Å². The van der Waals surface area contributed by atoms with Crippen LogP contribution in [0.2, 0.25) is 0 Å². The van der Waals surface area contributed by atoms with Crippen molar-refractivity contribution < 1.29 is 34.1 Å². The fourth-order valence-corrected chi connectivity index (χ4v) is 1.46. The number of methoxy groups -OCH3 is 1. The van der Waals surface area contributed by atoms with E-state index < -0.39 is 24.3 Å². The first kappa shape index (κ1) is 17.1. The summed E-state index contributed by atoms with van der Waals surface area (Å²) in [5, 5.41) is 17.7. The van der Waals surface area contributed by atoms with Crippen molar-refractivity contribution >= 4 is 17.9 Å². The van der Waals surface area contributed by atoms with Gasteiger partial charge in [0.1, 0.15) is 0 Å². The Kier molecular flexibility index (Phi) is 8.19. The Labute approximate surface area is 110 Å². The van der Waals surface area contributed by atoms with E-state index in [1.54, 1.807) is 6.92 Å². The minimum Gasteiger partial charge on any atom is -0.481 e. The summed E-state index contributed by atoms with van der Waals surface area (Å²) < 4.78 is 9.56. The van der Waals surface area contributed by atoms with Crippen molar-refractivity contribution in [1.29, 1.82) is 0 Å². The van der Waals surface area contributed by atoms with Gasteiger partial charge in [-0.1, -0.05) is 0 Å². The third-order valence-corrected chi connectivity index (χ3v) is 2.28. The van der Waals surface area contributed by atoms with E-state index >= 15 is 0 Å². The fourth-order valence-electron chi connectivity index (χ4n) is 1.46. The lowest BCUT2D eigenvalue weighted by Crippen LogP contribution is -2.14. The highest BCUT2D eigenvalue weighted by Crippen LogP contribution is 2.18. The minimum absolute atomic E-state index is 0.171. The SMILES string of the molecule is CCOC(=O)CC(CCOC)=C(CC(=O)O)C(=O)O. The number of carboxylic acid groups (broad SMARTS) is 2. The summed E-state index contributed by atoms with van der Waals surface area (Å²) in [5.74, 6) is -3.20. The van der Waals surface area contributed by atoms with Crippen LogP contribution in [0, 0.1) is 0 Å². The van der Waals surface area contributed by atoms with Crippen molar-refractivity contribution in [2.75, 3.05) is 20.3 Å². The summed E-state index contributed by atoms with van der Waals surface area (Å²) in [5.41, 5.74) is -0.0761. The zero-order valence-electron chi connectivity index (χ0n) is 11.0. The molecule has 0 atom stereocenters. The number of carbonyl (C=O) groups excluding carboxylic acids is 1. The van der Waals surface area contributed by atoms with Crippen LogP contribution in [-0.4, -0.2) is 48.4 Å². The Morgan fingerprint density at radius 1 is 1.11 bits per heavy atom. The second-order valence-electron chi connectivity index (χ2n) is 3.68. The number of aliphatic carboxylic acids is 2. The molecule has 0 radical (unpaired) electrons. The van der Waals surface area contributed by atoms with Gasteiger partial charge in [-0.15, -0.1) is 0 Å². The summed E-state index contributed by atoms with van der Waals surface area (Å²) in [6.45, 7) is 2.01. The molecule has 0 unspecified atom stereocenters. The first-order valence-electron chi connectivity index (χ1n) is 5.72. The van der Waals surface area contributed by atoms with Crippen LogP contribution < -0.4 is 0 Å². The van der Waals surface area contributed by atoms with Crippen LogP contribution in [0.4, 0.5) is 0 Å². The standard InChI is InChI=1S/C12H18O7/c1-3-19-11(15)6-8(4-5-18-2)9(12(16)17)7-10(13)14/h3-7H2,1-2H3,(H,13,14)(H,16,17). The Balaban J connectivity index is 5.15. The van der Waals surface area contributed by atoms with Crippen LogP contribution in [-0.2, 0) is 23.9 Å². The molecule has 0 aromatic rings. The summed E-state index contributed by atoms with van der Waals surface area (Å²) in [4.78, 5) is 33.1. The van der Waals surface area contributed by atoms with E-state index in [1.165, 1.54) is 7.11 Å². The van der Waals surface area contributed by atoms with Gasteiger partial charge in [0.2, 0.25) is 0 Å². The maximum absolute atomic E-state index is 11.4. The third-order valence-electron chi connectivity index (χ3n) is 2.28. The lowest BCUT2D eigenvalue weighted by molar-refractivity contribution is -0.142. The van der Waals surface area contributed by atoms with Crippen molar-refractivity contribution in [2.45, 2.75) is 26.2 Å². The van der Waals surface area contributed by atoms with E-state index in [-0.39, 0.29) is 37.2 Å². The molecule has 0 amide bonds. The Hall–Kier alpha value is -1.89. The molecule has 0 heterocycles. The van der Waals surface area contributed by atoms with E-state index in [2.05, 4.69) is 0 Å². The van der Waals surface area contributed by atoms with Gasteiger partial charge in [-0.2, -0.15) is 0 Å². The number of hydrogen-bond acceptors (Lipinski definition) is 5. The molecule has 0 bridgehead atoms. The van der Waals surface area contributed by atoms with Crippen LogP contribution in [0.3, 0.4) is 0 Å². The van der Waals surface area contributed by atoms with Gasteiger partial charge in [-0.3, -0.25) is 9.59 Å². The Morgan fingerprint density at radius 3 is 2.16 bits per heavy atom. The van der Waals surface area contributed by atoms with Crippen LogP contribution >= 0.6 is 0 Å². The third kappa shape index (κ3) is 7.20. The zero-order chi connectivity index (χ0) is 14.8. The molecular weight excluding hydrogens is 256 g/mol. The molecule has 0 saturated carbocycles. The highest BCUT2D eigenvalue weighted by molar-refractivity contribution is 5.93. The second kappa shape index (κ2) is 9.09. The van der Waals surface area contributed by atoms with Gasteiger partial charge in [0.25, 0.3) is 0 Å². The van der Waals surface area contributed by atoms with Crippen molar-refractivity contribution in [2.24, 2.45) is 0 Å². The molecule has 7 heteroatoms. The number of hydrogen-bond donors (Lipinski definition) is 2. The summed E-state index contributed by atoms with van der Waals surface area (Å²) in [6, 6.07) is 0.